The lowest BCUT2D eigenvalue weighted by atomic mass is 9.99. The number of rotatable bonds is 7. The fourth-order valence-electron chi connectivity index (χ4n) is 3.35. The van der Waals surface area contributed by atoms with E-state index in [0.29, 0.717) is 21.8 Å². The summed E-state index contributed by atoms with van der Waals surface area (Å²) in [6.07, 6.45) is 0. The van der Waals surface area contributed by atoms with Gasteiger partial charge in [-0.25, -0.2) is 13.6 Å². The number of primary sulfonamides is 1. The van der Waals surface area contributed by atoms with Crippen molar-refractivity contribution >= 4 is 39.0 Å². The van der Waals surface area contributed by atoms with Crippen molar-refractivity contribution in [1.29, 1.82) is 0 Å². The minimum atomic E-state index is -3.84. The van der Waals surface area contributed by atoms with Crippen LogP contribution in [0.4, 0.5) is 5.69 Å². The lowest BCUT2D eigenvalue weighted by Gasteiger charge is -2.13. The molecular weight excluding hydrogens is 464 g/mol. The van der Waals surface area contributed by atoms with Crippen LogP contribution in [-0.4, -0.2) is 26.7 Å². The molecule has 0 fully saturated rings. The first-order valence-corrected chi connectivity index (χ1v) is 11.8. The number of nitrogens with one attached hydrogen (secondary N) is 1. The molecule has 0 aliphatic carbocycles. The van der Waals surface area contributed by atoms with Crippen molar-refractivity contribution in [3.63, 3.8) is 0 Å². The average Bonchev–Trinajstić information content (AvgIpc) is 2.72. The Morgan fingerprint density at radius 1 is 0.970 bits per heavy atom. The Morgan fingerprint density at radius 3 is 2.24 bits per heavy atom. The van der Waals surface area contributed by atoms with Crippen LogP contribution in [0.25, 0.3) is 0 Å². The number of aryl methyl sites for hydroxylation is 3. The fourth-order valence-corrected chi connectivity index (χ4v) is 4.12. The summed E-state index contributed by atoms with van der Waals surface area (Å²) >= 11 is 6.10. The minimum Gasteiger partial charge on any atom is -0.483 e. The summed E-state index contributed by atoms with van der Waals surface area (Å²) in [7, 11) is -3.84. The summed E-state index contributed by atoms with van der Waals surface area (Å²) in [4.78, 5) is 25.5. The van der Waals surface area contributed by atoms with Gasteiger partial charge in [0.2, 0.25) is 10.0 Å². The van der Waals surface area contributed by atoms with Crippen molar-refractivity contribution in [3.05, 3.63) is 87.4 Å². The van der Waals surface area contributed by atoms with Crippen LogP contribution >= 0.6 is 11.6 Å². The van der Waals surface area contributed by atoms with Gasteiger partial charge in [0, 0.05) is 16.3 Å². The Balaban J connectivity index is 1.77. The molecule has 0 heterocycles. The largest absolute Gasteiger partial charge is 0.483 e. The van der Waals surface area contributed by atoms with Crippen LogP contribution < -0.4 is 15.2 Å². The maximum absolute atomic E-state index is 13.1. The lowest BCUT2D eigenvalue weighted by molar-refractivity contribution is -0.118. The number of hydrogen-bond acceptors (Lipinski definition) is 5. The predicted octanol–water partition coefficient (Wildman–Crippen LogP) is 4.16. The van der Waals surface area contributed by atoms with Gasteiger partial charge in [-0.1, -0.05) is 28.8 Å². The van der Waals surface area contributed by atoms with Gasteiger partial charge in [0.1, 0.15) is 5.75 Å². The first kappa shape index (κ1) is 24.4. The first-order chi connectivity index (χ1) is 15.4. The van der Waals surface area contributed by atoms with Gasteiger partial charge in [0.05, 0.1) is 10.5 Å². The van der Waals surface area contributed by atoms with E-state index < -0.39 is 15.9 Å². The Morgan fingerprint density at radius 2 is 1.64 bits per heavy atom. The number of carbonyl (C=O) groups excluding carboxylic acids is 2. The molecular formula is C24H23ClN2O5S. The molecule has 1 amide bonds. The number of nitrogens with two attached hydrogens (primary N) is 1. The van der Waals surface area contributed by atoms with Gasteiger partial charge in [-0.15, -0.1) is 0 Å². The van der Waals surface area contributed by atoms with Crippen LogP contribution in [-0.2, 0) is 14.8 Å². The molecule has 0 spiro atoms. The van der Waals surface area contributed by atoms with Crippen molar-refractivity contribution in [2.45, 2.75) is 25.7 Å². The van der Waals surface area contributed by atoms with E-state index in [0.717, 1.165) is 11.1 Å². The first-order valence-electron chi connectivity index (χ1n) is 9.92. The van der Waals surface area contributed by atoms with Crippen molar-refractivity contribution in [3.8, 4) is 5.75 Å². The second-order valence-corrected chi connectivity index (χ2v) is 9.70. The molecule has 172 valence electrons. The highest BCUT2D eigenvalue weighted by molar-refractivity contribution is 7.89. The summed E-state index contributed by atoms with van der Waals surface area (Å²) in [5.74, 6) is -0.532. The Kier molecular flexibility index (Phi) is 7.22. The van der Waals surface area contributed by atoms with Gasteiger partial charge < -0.3 is 10.1 Å². The van der Waals surface area contributed by atoms with E-state index in [1.165, 1.54) is 30.3 Å². The number of anilines is 1. The van der Waals surface area contributed by atoms with Gasteiger partial charge >= 0.3 is 0 Å². The Hall–Kier alpha value is -3.20. The highest BCUT2D eigenvalue weighted by Gasteiger charge is 2.18. The molecule has 0 aromatic heterocycles. The predicted molar refractivity (Wildman–Crippen MR) is 127 cm³/mol. The average molecular weight is 487 g/mol. The second kappa shape index (κ2) is 9.74. The summed E-state index contributed by atoms with van der Waals surface area (Å²) in [5.41, 5.74) is 3.58. The van der Waals surface area contributed by atoms with Gasteiger partial charge in [-0.05, 0) is 74.9 Å². The summed E-state index contributed by atoms with van der Waals surface area (Å²) in [5, 5.41) is 8.15. The van der Waals surface area contributed by atoms with E-state index in [9.17, 15) is 18.0 Å². The number of halogens is 1. The molecule has 7 nitrogen and oxygen atoms in total. The lowest BCUT2D eigenvalue weighted by Crippen LogP contribution is -2.21. The monoisotopic (exact) mass is 486 g/mol. The molecule has 0 atom stereocenters. The normalized spacial score (nSPS) is 11.2. The smallest absolute Gasteiger partial charge is 0.262 e. The van der Waals surface area contributed by atoms with Gasteiger partial charge in [0.15, 0.2) is 12.4 Å². The van der Waals surface area contributed by atoms with Crippen LogP contribution in [0, 0.1) is 20.8 Å². The maximum atomic E-state index is 13.1. The molecule has 9 heteroatoms. The molecule has 3 aromatic rings. The molecule has 3 aromatic carbocycles. The number of sulfonamides is 1. The molecule has 0 bridgehead atoms. The zero-order valence-corrected chi connectivity index (χ0v) is 19.9. The van der Waals surface area contributed by atoms with Crippen molar-refractivity contribution in [2.24, 2.45) is 5.14 Å². The van der Waals surface area contributed by atoms with E-state index in [1.54, 1.807) is 25.1 Å². The summed E-state index contributed by atoms with van der Waals surface area (Å²) < 4.78 is 28.6. The number of ketones is 1. The summed E-state index contributed by atoms with van der Waals surface area (Å²) in [6, 6.07) is 14.3. The number of amides is 1. The second-order valence-electron chi connectivity index (χ2n) is 7.70. The molecule has 0 aliphatic rings. The van der Waals surface area contributed by atoms with Gasteiger partial charge in [-0.2, -0.15) is 0 Å². The molecule has 0 aliphatic heterocycles. The Labute approximate surface area is 197 Å². The van der Waals surface area contributed by atoms with Crippen molar-refractivity contribution < 1.29 is 22.7 Å². The van der Waals surface area contributed by atoms with Crippen molar-refractivity contribution in [2.75, 3.05) is 11.9 Å². The molecule has 3 rings (SSSR count). The van der Waals surface area contributed by atoms with E-state index in [-0.39, 0.29) is 28.6 Å². The molecule has 33 heavy (non-hydrogen) atoms. The molecule has 0 saturated carbocycles. The molecule has 0 radical (unpaired) electrons. The third-order valence-electron chi connectivity index (χ3n) is 4.83. The molecule has 0 unspecified atom stereocenters. The zero-order valence-electron chi connectivity index (χ0n) is 18.3. The standard InChI is InChI=1S/C24H23ClN2O5S/c1-14-8-15(2)10-17(9-14)24(29)20-12-18(25)4-7-22(20)32-13-23(28)27-21-6-5-19(11-16(21)3)33(26,30)31/h4-12H,13H2,1-3H3,(H,27,28)(H2,26,30,31). The van der Waals surface area contributed by atoms with Gasteiger partial charge in [-0.3, -0.25) is 9.59 Å². The van der Waals surface area contributed by atoms with Crippen LogP contribution in [0.5, 0.6) is 5.75 Å². The van der Waals surface area contributed by atoms with E-state index >= 15 is 0 Å². The number of ether oxygens (including phenoxy) is 1. The highest BCUT2D eigenvalue weighted by atomic mass is 35.5. The van der Waals surface area contributed by atoms with E-state index in [2.05, 4.69) is 5.32 Å². The third-order valence-corrected chi connectivity index (χ3v) is 5.98. The maximum Gasteiger partial charge on any atom is 0.262 e. The topological polar surface area (TPSA) is 116 Å². The SMILES string of the molecule is Cc1cc(C)cc(C(=O)c2cc(Cl)ccc2OCC(=O)Nc2ccc(S(N)(=O)=O)cc2C)c1. The third kappa shape index (κ3) is 6.19. The minimum absolute atomic E-state index is 0.0510. The van der Waals surface area contributed by atoms with E-state index in [1.807, 2.05) is 19.9 Å². The van der Waals surface area contributed by atoms with E-state index in [4.69, 9.17) is 21.5 Å². The number of hydrogen-bond donors (Lipinski definition) is 2. The van der Waals surface area contributed by atoms with Crippen LogP contribution in [0.1, 0.15) is 32.6 Å². The van der Waals surface area contributed by atoms with Crippen LogP contribution in [0.15, 0.2) is 59.5 Å². The fraction of sp³-hybridized carbons (Fsp3) is 0.167. The Bertz CT molecular complexity index is 1330. The number of carbonyl (C=O) groups is 2. The number of benzene rings is 3. The molecule has 0 saturated heterocycles. The quantitative estimate of drug-likeness (QED) is 0.486. The zero-order chi connectivity index (χ0) is 24.3. The molecule has 3 N–H and O–H groups in total. The van der Waals surface area contributed by atoms with Crippen molar-refractivity contribution in [1.82, 2.24) is 0 Å². The summed E-state index contributed by atoms with van der Waals surface area (Å²) in [6.45, 7) is 5.08. The van der Waals surface area contributed by atoms with Crippen LogP contribution in [0.3, 0.4) is 0 Å². The van der Waals surface area contributed by atoms with Gasteiger partial charge in [0.25, 0.3) is 5.91 Å². The van der Waals surface area contributed by atoms with Crippen LogP contribution in [0.2, 0.25) is 5.02 Å². The highest BCUT2D eigenvalue weighted by Crippen LogP contribution is 2.27.